The van der Waals surface area contributed by atoms with Gasteiger partial charge < -0.3 is 25.1 Å². The van der Waals surface area contributed by atoms with Gasteiger partial charge in [0.1, 0.15) is 17.6 Å². The Morgan fingerprint density at radius 3 is 2.25 bits per heavy atom. The molecule has 1 heterocycles. The molecule has 0 aliphatic carbocycles. The first-order chi connectivity index (χ1) is 17.2. The SMILES string of the molecule is CS[C@H]1O[C@@H](c2ccc(C)c(Cc3ccc(CCCCN)cc3)c2)[C@H](OC(C)=O)[C@@H](O)[C@@H]1OC(C)=O. The summed E-state index contributed by atoms with van der Waals surface area (Å²) in [6.07, 6.45) is 1.78. The largest absolute Gasteiger partial charge is 0.456 e. The molecule has 0 bridgehead atoms. The molecule has 0 spiro atoms. The molecular formula is C28H37NO6S. The Morgan fingerprint density at radius 2 is 1.64 bits per heavy atom. The molecule has 5 atom stereocenters. The van der Waals surface area contributed by atoms with E-state index in [0.717, 1.165) is 48.9 Å². The molecule has 3 N–H and O–H groups in total. The Balaban J connectivity index is 1.85. The Kier molecular flexibility index (Phi) is 10.4. The van der Waals surface area contributed by atoms with Crippen molar-refractivity contribution in [1.29, 1.82) is 0 Å². The Hall–Kier alpha value is -2.39. The number of hydrogen-bond acceptors (Lipinski definition) is 8. The molecule has 0 radical (unpaired) electrons. The number of benzene rings is 2. The molecule has 7 nitrogen and oxygen atoms in total. The molecule has 196 valence electrons. The normalized spacial score (nSPS) is 23.8. The minimum absolute atomic E-state index is 0.537. The standard InChI is InChI=1S/C28H37NO6S/c1-17-8-13-22(16-23(17)15-21-11-9-20(10-12-21)7-5-6-14-29)25-26(33-18(2)30)24(32)27(34-19(3)31)28(35-25)36-4/h8-13,16,24-28,32H,5-7,14-15,29H2,1-4H3/t24-,25+,26-,27+,28-/m1/s1. The number of unbranched alkanes of at least 4 members (excludes halogenated alkanes) is 1. The molecule has 0 amide bonds. The van der Waals surface area contributed by atoms with E-state index in [1.807, 2.05) is 24.5 Å². The number of aliphatic hydroxyl groups excluding tert-OH is 1. The number of rotatable bonds is 10. The number of carbonyl (C=O) groups is 2. The number of nitrogens with two attached hydrogens (primary N) is 1. The molecule has 1 fully saturated rings. The van der Waals surface area contributed by atoms with E-state index in [-0.39, 0.29) is 0 Å². The molecular weight excluding hydrogens is 478 g/mol. The quantitative estimate of drug-likeness (QED) is 0.363. The highest BCUT2D eigenvalue weighted by molar-refractivity contribution is 7.99. The van der Waals surface area contributed by atoms with E-state index in [2.05, 4.69) is 31.2 Å². The molecule has 0 unspecified atom stereocenters. The lowest BCUT2D eigenvalue weighted by Crippen LogP contribution is -2.55. The predicted octanol–water partition coefficient (Wildman–Crippen LogP) is 3.85. The van der Waals surface area contributed by atoms with Crippen LogP contribution < -0.4 is 5.73 Å². The number of thioether (sulfide) groups is 1. The number of ether oxygens (including phenoxy) is 3. The lowest BCUT2D eigenvalue weighted by atomic mass is 9.90. The van der Waals surface area contributed by atoms with Crippen LogP contribution in [0.25, 0.3) is 0 Å². The predicted molar refractivity (Wildman–Crippen MR) is 141 cm³/mol. The van der Waals surface area contributed by atoms with Gasteiger partial charge in [-0.15, -0.1) is 11.8 Å². The summed E-state index contributed by atoms with van der Waals surface area (Å²) in [4.78, 5) is 23.5. The second kappa shape index (κ2) is 13.2. The van der Waals surface area contributed by atoms with Crippen molar-refractivity contribution in [2.24, 2.45) is 5.73 Å². The van der Waals surface area contributed by atoms with Crippen LogP contribution in [0, 0.1) is 6.92 Å². The third-order valence-corrected chi connectivity index (χ3v) is 7.24. The van der Waals surface area contributed by atoms with E-state index in [9.17, 15) is 14.7 Å². The smallest absolute Gasteiger partial charge is 0.303 e. The summed E-state index contributed by atoms with van der Waals surface area (Å²) >= 11 is 1.33. The zero-order valence-corrected chi connectivity index (χ0v) is 22.3. The first kappa shape index (κ1) is 28.2. The van der Waals surface area contributed by atoms with Crippen LogP contribution in [0.15, 0.2) is 42.5 Å². The van der Waals surface area contributed by atoms with E-state index in [1.165, 1.54) is 36.7 Å². The summed E-state index contributed by atoms with van der Waals surface area (Å²) in [6, 6.07) is 14.6. The van der Waals surface area contributed by atoms with Crippen LogP contribution in [0.3, 0.4) is 0 Å². The third kappa shape index (κ3) is 7.32. The van der Waals surface area contributed by atoms with Crippen molar-refractivity contribution in [2.75, 3.05) is 12.8 Å². The Morgan fingerprint density at radius 1 is 1.00 bits per heavy atom. The van der Waals surface area contributed by atoms with Crippen molar-refractivity contribution < 1.29 is 28.9 Å². The summed E-state index contributed by atoms with van der Waals surface area (Å²) in [5.74, 6) is -1.08. The molecule has 36 heavy (non-hydrogen) atoms. The van der Waals surface area contributed by atoms with E-state index in [4.69, 9.17) is 19.9 Å². The van der Waals surface area contributed by atoms with Crippen LogP contribution in [0.2, 0.25) is 0 Å². The molecule has 8 heteroatoms. The molecule has 2 aromatic rings. The highest BCUT2D eigenvalue weighted by atomic mass is 32.2. The Labute approximate surface area is 217 Å². The van der Waals surface area contributed by atoms with Crippen molar-refractivity contribution >= 4 is 23.7 Å². The number of aliphatic hydroxyl groups is 1. The summed E-state index contributed by atoms with van der Waals surface area (Å²) in [7, 11) is 0. The van der Waals surface area contributed by atoms with Crippen LogP contribution in [0.4, 0.5) is 0 Å². The number of hydrogen-bond donors (Lipinski definition) is 2. The summed E-state index contributed by atoms with van der Waals surface area (Å²) in [6.45, 7) is 5.33. The van der Waals surface area contributed by atoms with Crippen molar-refractivity contribution in [1.82, 2.24) is 0 Å². The van der Waals surface area contributed by atoms with Crippen LogP contribution >= 0.6 is 11.8 Å². The van der Waals surface area contributed by atoms with Gasteiger partial charge in [0.15, 0.2) is 12.2 Å². The van der Waals surface area contributed by atoms with Crippen molar-refractivity contribution in [3.63, 3.8) is 0 Å². The molecule has 3 rings (SSSR count). The zero-order valence-electron chi connectivity index (χ0n) is 21.4. The average Bonchev–Trinajstić information content (AvgIpc) is 2.84. The van der Waals surface area contributed by atoms with E-state index in [1.54, 1.807) is 0 Å². The van der Waals surface area contributed by atoms with Gasteiger partial charge in [0.25, 0.3) is 0 Å². The average molecular weight is 516 g/mol. The maximum atomic E-state index is 11.9. The van der Waals surface area contributed by atoms with Crippen molar-refractivity contribution in [2.45, 2.75) is 76.3 Å². The second-order valence-corrected chi connectivity index (χ2v) is 10.2. The van der Waals surface area contributed by atoms with Gasteiger partial charge in [-0.1, -0.05) is 42.5 Å². The van der Waals surface area contributed by atoms with Crippen molar-refractivity contribution in [3.05, 3.63) is 70.3 Å². The van der Waals surface area contributed by atoms with E-state index >= 15 is 0 Å². The van der Waals surface area contributed by atoms with Gasteiger partial charge in [-0.25, -0.2) is 0 Å². The van der Waals surface area contributed by atoms with Crippen LogP contribution in [0.5, 0.6) is 0 Å². The molecule has 2 aromatic carbocycles. The minimum Gasteiger partial charge on any atom is -0.456 e. The topological polar surface area (TPSA) is 108 Å². The summed E-state index contributed by atoms with van der Waals surface area (Å²) in [5, 5.41) is 11.1. The summed E-state index contributed by atoms with van der Waals surface area (Å²) < 4.78 is 17.1. The third-order valence-electron chi connectivity index (χ3n) is 6.40. The Bertz CT molecular complexity index is 1030. The second-order valence-electron chi connectivity index (χ2n) is 9.22. The molecule has 1 aliphatic rings. The fourth-order valence-corrected chi connectivity index (χ4v) is 5.22. The maximum absolute atomic E-state index is 11.9. The first-order valence-corrected chi connectivity index (χ1v) is 13.6. The molecule has 0 aromatic heterocycles. The number of esters is 2. The maximum Gasteiger partial charge on any atom is 0.303 e. The zero-order chi connectivity index (χ0) is 26.2. The van der Waals surface area contributed by atoms with Gasteiger partial charge in [-0.05, 0) is 73.2 Å². The highest BCUT2D eigenvalue weighted by Crippen LogP contribution is 2.39. The van der Waals surface area contributed by atoms with E-state index < -0.39 is 41.8 Å². The van der Waals surface area contributed by atoms with Crippen LogP contribution in [-0.4, -0.2) is 53.6 Å². The molecule has 1 aliphatic heterocycles. The van der Waals surface area contributed by atoms with Gasteiger partial charge in [-0.2, -0.15) is 0 Å². The van der Waals surface area contributed by atoms with Gasteiger partial charge >= 0.3 is 11.9 Å². The first-order valence-electron chi connectivity index (χ1n) is 12.3. The van der Waals surface area contributed by atoms with Gasteiger partial charge in [0.2, 0.25) is 0 Å². The molecule has 1 saturated heterocycles. The lowest BCUT2D eigenvalue weighted by molar-refractivity contribution is -0.224. The van der Waals surface area contributed by atoms with Gasteiger partial charge in [-0.3, -0.25) is 9.59 Å². The van der Waals surface area contributed by atoms with Gasteiger partial charge in [0, 0.05) is 13.8 Å². The highest BCUT2D eigenvalue weighted by Gasteiger charge is 2.49. The number of carbonyl (C=O) groups excluding carboxylic acids is 2. The number of aryl methyl sites for hydroxylation is 2. The van der Waals surface area contributed by atoms with Crippen LogP contribution in [0.1, 0.15) is 60.6 Å². The van der Waals surface area contributed by atoms with Gasteiger partial charge in [0.05, 0.1) is 0 Å². The monoisotopic (exact) mass is 515 g/mol. The summed E-state index contributed by atoms with van der Waals surface area (Å²) in [5.41, 5.74) is 10.5. The van der Waals surface area contributed by atoms with E-state index in [0.29, 0.717) is 0 Å². The minimum atomic E-state index is -1.23. The fraction of sp³-hybridized carbons (Fsp3) is 0.500. The lowest BCUT2D eigenvalue weighted by Gasteiger charge is -2.43. The van der Waals surface area contributed by atoms with Crippen LogP contribution in [-0.2, 0) is 36.6 Å². The van der Waals surface area contributed by atoms with Crippen molar-refractivity contribution in [3.8, 4) is 0 Å². The molecule has 0 saturated carbocycles. The fourth-order valence-electron chi connectivity index (χ4n) is 4.50.